The summed E-state index contributed by atoms with van der Waals surface area (Å²) in [6.07, 6.45) is 1.55. The zero-order chi connectivity index (χ0) is 14.9. The first kappa shape index (κ1) is 15.1. The highest BCUT2D eigenvalue weighted by Gasteiger charge is 2.22. The summed E-state index contributed by atoms with van der Waals surface area (Å²) in [6, 6.07) is 5.15. The summed E-state index contributed by atoms with van der Waals surface area (Å²) >= 11 is 9.33. The first-order valence-corrected chi connectivity index (χ1v) is 7.23. The van der Waals surface area contributed by atoms with Gasteiger partial charge in [0.1, 0.15) is 0 Å². The fourth-order valence-corrected chi connectivity index (χ4v) is 2.79. The van der Waals surface area contributed by atoms with Crippen LogP contribution in [-0.4, -0.2) is 22.7 Å². The van der Waals surface area contributed by atoms with Crippen molar-refractivity contribution in [2.75, 3.05) is 7.11 Å². The first-order valence-electron chi connectivity index (χ1n) is 6.06. The van der Waals surface area contributed by atoms with Crippen molar-refractivity contribution in [1.82, 2.24) is 9.78 Å². The molecule has 0 aliphatic carbocycles. The van der Waals surface area contributed by atoms with Gasteiger partial charge in [0.2, 0.25) is 5.78 Å². The number of carbonyl (C=O) groups excluding carboxylic acids is 1. The van der Waals surface area contributed by atoms with Gasteiger partial charge >= 0.3 is 0 Å². The van der Waals surface area contributed by atoms with Gasteiger partial charge in [0, 0.05) is 21.1 Å². The van der Waals surface area contributed by atoms with E-state index in [-0.39, 0.29) is 11.8 Å². The highest BCUT2D eigenvalue weighted by Crippen LogP contribution is 2.27. The minimum atomic E-state index is -0.170. The maximum Gasteiger partial charge on any atom is 0.214 e. The number of rotatable bonds is 4. The summed E-state index contributed by atoms with van der Waals surface area (Å²) in [5.74, 6) is 0.288. The second-order valence-corrected chi connectivity index (χ2v) is 5.94. The Kier molecular flexibility index (Phi) is 4.50. The normalized spacial score (nSPS) is 10.9. The van der Waals surface area contributed by atoms with Gasteiger partial charge in [-0.1, -0.05) is 27.5 Å². The number of nitrogens with zero attached hydrogens (tertiary/aromatic N) is 2. The van der Waals surface area contributed by atoms with E-state index in [2.05, 4.69) is 21.0 Å². The molecule has 0 saturated carbocycles. The number of halogens is 2. The van der Waals surface area contributed by atoms with Crippen LogP contribution in [0.25, 0.3) is 0 Å². The standard InChI is InChI=1S/C14H14BrClN2O2/c1-8(2)18-13(12(20-3)7-17-18)14(19)9-4-10(15)6-11(16)5-9/h4-8H,1-3H3. The quantitative estimate of drug-likeness (QED) is 0.773. The molecule has 0 fully saturated rings. The highest BCUT2D eigenvalue weighted by molar-refractivity contribution is 9.10. The average Bonchev–Trinajstić information content (AvgIpc) is 2.80. The Morgan fingerprint density at radius 1 is 1.40 bits per heavy atom. The van der Waals surface area contributed by atoms with Crippen molar-refractivity contribution >= 4 is 33.3 Å². The molecule has 0 aliphatic heterocycles. The second kappa shape index (κ2) is 5.97. The molecule has 4 nitrogen and oxygen atoms in total. The highest BCUT2D eigenvalue weighted by atomic mass is 79.9. The van der Waals surface area contributed by atoms with E-state index >= 15 is 0 Å². The Morgan fingerprint density at radius 3 is 2.65 bits per heavy atom. The van der Waals surface area contributed by atoms with Gasteiger partial charge in [-0.25, -0.2) is 0 Å². The Labute approximate surface area is 130 Å². The van der Waals surface area contributed by atoms with Gasteiger partial charge in [0.05, 0.1) is 13.3 Å². The second-order valence-electron chi connectivity index (χ2n) is 4.59. The van der Waals surface area contributed by atoms with E-state index in [1.54, 1.807) is 29.1 Å². The summed E-state index contributed by atoms with van der Waals surface area (Å²) in [5, 5.41) is 4.70. The van der Waals surface area contributed by atoms with Gasteiger partial charge in [0.15, 0.2) is 11.4 Å². The molecule has 0 radical (unpaired) electrons. The smallest absolute Gasteiger partial charge is 0.214 e. The number of hydrogen-bond acceptors (Lipinski definition) is 3. The number of ketones is 1. The molecule has 1 aromatic carbocycles. The Hall–Kier alpha value is -1.33. The van der Waals surface area contributed by atoms with Crippen molar-refractivity contribution in [3.8, 4) is 5.75 Å². The predicted octanol–water partition coefficient (Wildman–Crippen LogP) is 4.12. The van der Waals surface area contributed by atoms with Gasteiger partial charge in [-0.05, 0) is 32.0 Å². The molecule has 2 rings (SSSR count). The molecule has 0 saturated heterocycles. The molecule has 0 aliphatic rings. The lowest BCUT2D eigenvalue weighted by Crippen LogP contribution is -2.14. The Bertz CT molecular complexity index is 632. The number of methoxy groups -OCH3 is 1. The van der Waals surface area contributed by atoms with Crippen LogP contribution in [-0.2, 0) is 0 Å². The molecule has 0 atom stereocenters. The Balaban J connectivity index is 2.55. The molecule has 0 N–H and O–H groups in total. The van der Waals surface area contributed by atoms with Gasteiger partial charge < -0.3 is 4.74 Å². The third-order valence-electron chi connectivity index (χ3n) is 2.81. The van der Waals surface area contributed by atoms with Crippen molar-refractivity contribution in [2.45, 2.75) is 19.9 Å². The van der Waals surface area contributed by atoms with Gasteiger partial charge in [-0.2, -0.15) is 5.10 Å². The van der Waals surface area contributed by atoms with E-state index in [0.29, 0.717) is 22.0 Å². The van der Waals surface area contributed by atoms with Crippen LogP contribution in [0, 0.1) is 0 Å². The largest absolute Gasteiger partial charge is 0.493 e. The van der Waals surface area contributed by atoms with E-state index in [4.69, 9.17) is 16.3 Å². The van der Waals surface area contributed by atoms with Crippen molar-refractivity contribution in [3.63, 3.8) is 0 Å². The lowest BCUT2D eigenvalue weighted by atomic mass is 10.1. The summed E-state index contributed by atoms with van der Waals surface area (Å²) in [6.45, 7) is 3.91. The zero-order valence-corrected chi connectivity index (χ0v) is 13.7. The van der Waals surface area contributed by atoms with Crippen molar-refractivity contribution in [2.24, 2.45) is 0 Å². The maximum atomic E-state index is 12.7. The molecule has 106 valence electrons. The lowest BCUT2D eigenvalue weighted by Gasteiger charge is -2.11. The molecule has 6 heteroatoms. The van der Waals surface area contributed by atoms with Crippen molar-refractivity contribution < 1.29 is 9.53 Å². The molecule has 0 spiro atoms. The summed E-state index contributed by atoms with van der Waals surface area (Å²) < 4.78 is 7.63. The molecule has 0 bridgehead atoms. The van der Waals surface area contributed by atoms with Crippen molar-refractivity contribution in [1.29, 1.82) is 0 Å². The molecule has 1 heterocycles. The van der Waals surface area contributed by atoms with Crippen LogP contribution in [0.4, 0.5) is 0 Å². The third kappa shape index (κ3) is 2.88. The number of aromatic nitrogens is 2. The molecular formula is C14H14BrClN2O2. The lowest BCUT2D eigenvalue weighted by molar-refractivity contribution is 0.102. The van der Waals surface area contributed by atoms with E-state index in [0.717, 1.165) is 4.47 Å². The maximum absolute atomic E-state index is 12.7. The van der Waals surface area contributed by atoms with Crippen LogP contribution < -0.4 is 4.74 Å². The molecule has 0 unspecified atom stereocenters. The molecule has 2 aromatic rings. The minimum absolute atomic E-state index is 0.0560. The molecule has 0 amide bonds. The fraction of sp³-hybridized carbons (Fsp3) is 0.286. The van der Waals surface area contributed by atoms with Crippen LogP contribution >= 0.6 is 27.5 Å². The van der Waals surface area contributed by atoms with Crippen LogP contribution in [0.3, 0.4) is 0 Å². The number of carbonyl (C=O) groups is 1. The van der Waals surface area contributed by atoms with Gasteiger partial charge in [-0.15, -0.1) is 0 Å². The average molecular weight is 358 g/mol. The Morgan fingerprint density at radius 2 is 2.10 bits per heavy atom. The zero-order valence-electron chi connectivity index (χ0n) is 11.4. The summed E-state index contributed by atoms with van der Waals surface area (Å²) in [4.78, 5) is 12.7. The van der Waals surface area contributed by atoms with E-state index in [1.807, 2.05) is 13.8 Å². The number of hydrogen-bond donors (Lipinski definition) is 0. The predicted molar refractivity (Wildman–Crippen MR) is 81.7 cm³/mol. The van der Waals surface area contributed by atoms with E-state index in [1.165, 1.54) is 7.11 Å². The van der Waals surface area contributed by atoms with Crippen LogP contribution in [0.5, 0.6) is 5.75 Å². The van der Waals surface area contributed by atoms with E-state index in [9.17, 15) is 4.79 Å². The van der Waals surface area contributed by atoms with Gasteiger partial charge in [0.25, 0.3) is 0 Å². The van der Waals surface area contributed by atoms with Gasteiger partial charge in [-0.3, -0.25) is 9.48 Å². The first-order chi connectivity index (χ1) is 9.43. The number of benzene rings is 1. The molecule has 1 aromatic heterocycles. The van der Waals surface area contributed by atoms with E-state index < -0.39 is 0 Å². The molecule has 20 heavy (non-hydrogen) atoms. The topological polar surface area (TPSA) is 44.1 Å². The fourth-order valence-electron chi connectivity index (χ4n) is 1.92. The SMILES string of the molecule is COc1cnn(C(C)C)c1C(=O)c1cc(Cl)cc(Br)c1. The summed E-state index contributed by atoms with van der Waals surface area (Å²) in [5.41, 5.74) is 0.918. The van der Waals surface area contributed by atoms with Crippen LogP contribution in [0.2, 0.25) is 5.02 Å². The molecular weight excluding hydrogens is 344 g/mol. The minimum Gasteiger partial charge on any atom is -0.493 e. The monoisotopic (exact) mass is 356 g/mol. The number of ether oxygens (including phenoxy) is 1. The van der Waals surface area contributed by atoms with Crippen LogP contribution in [0.1, 0.15) is 35.9 Å². The van der Waals surface area contributed by atoms with Crippen LogP contribution in [0.15, 0.2) is 28.9 Å². The van der Waals surface area contributed by atoms with Crippen molar-refractivity contribution in [3.05, 3.63) is 45.1 Å². The summed E-state index contributed by atoms with van der Waals surface area (Å²) in [7, 11) is 1.52. The third-order valence-corrected chi connectivity index (χ3v) is 3.49.